The van der Waals surface area contributed by atoms with Gasteiger partial charge in [0.25, 0.3) is 0 Å². The second-order valence-corrected chi connectivity index (χ2v) is 13.8. The number of amides is 2. The van der Waals surface area contributed by atoms with Crippen LogP contribution in [0.5, 0.6) is 0 Å². The van der Waals surface area contributed by atoms with Crippen LogP contribution in [0.2, 0.25) is 0 Å². The monoisotopic (exact) mass is 662 g/mol. The van der Waals surface area contributed by atoms with Gasteiger partial charge in [0, 0.05) is 23.8 Å². The summed E-state index contributed by atoms with van der Waals surface area (Å²) in [4.78, 5) is 24.9. The highest BCUT2D eigenvalue weighted by molar-refractivity contribution is 8.26. The Kier molecular flexibility index (Phi) is 11.4. The number of amidine groups is 1. The van der Waals surface area contributed by atoms with Crippen molar-refractivity contribution in [2.45, 2.75) is 44.9 Å². The summed E-state index contributed by atoms with van der Waals surface area (Å²) >= 11 is 3.93. The predicted molar refractivity (Wildman–Crippen MR) is 184 cm³/mol. The lowest BCUT2D eigenvalue weighted by molar-refractivity contribution is -0.119. The lowest BCUT2D eigenvalue weighted by Crippen LogP contribution is -2.29. The van der Waals surface area contributed by atoms with Gasteiger partial charge in [-0.05, 0) is 66.3 Å². The summed E-state index contributed by atoms with van der Waals surface area (Å²) in [6, 6.07) is 11.3. The second kappa shape index (κ2) is 15.9. The zero-order valence-electron chi connectivity index (χ0n) is 24.6. The first kappa shape index (κ1) is 32.5. The molecule has 0 unspecified atom stereocenters. The number of fused-ring (bicyclic) bond motifs is 1. The smallest absolute Gasteiger partial charge is 0.233 e. The number of carbonyl (C=O) groups is 2. The van der Waals surface area contributed by atoms with Gasteiger partial charge in [0.05, 0.1) is 17.9 Å². The Morgan fingerprint density at radius 1 is 1.07 bits per heavy atom. The number of rotatable bonds is 14. The predicted octanol–water partition coefficient (Wildman–Crippen LogP) is 7.18. The second-order valence-electron chi connectivity index (χ2n) is 10.5. The number of aromatic nitrogens is 2. The maximum atomic E-state index is 12.5. The zero-order chi connectivity index (χ0) is 31.6. The molecule has 2 amide bonds. The molecule has 45 heavy (non-hydrogen) atoms. The Hall–Kier alpha value is -3.94. The van der Waals surface area contributed by atoms with E-state index in [2.05, 4.69) is 33.5 Å². The van der Waals surface area contributed by atoms with E-state index in [4.69, 9.17) is 19.7 Å². The number of anilines is 1. The third kappa shape index (κ3) is 9.77. The Labute approximate surface area is 273 Å². The van der Waals surface area contributed by atoms with Gasteiger partial charge in [0.15, 0.2) is 5.17 Å². The molecule has 1 aliphatic carbocycles. The third-order valence-electron chi connectivity index (χ3n) is 7.00. The molecule has 4 aromatic rings. The Morgan fingerprint density at radius 3 is 2.64 bits per heavy atom. The van der Waals surface area contributed by atoms with Gasteiger partial charge in [0.2, 0.25) is 16.9 Å². The first-order valence-electron chi connectivity index (χ1n) is 14.6. The van der Waals surface area contributed by atoms with Gasteiger partial charge < -0.3 is 19.5 Å². The molecule has 10 nitrogen and oxygen atoms in total. The molecule has 0 aliphatic heterocycles. The normalized spacial score (nSPS) is 13.2. The number of furan rings is 2. The minimum Gasteiger partial charge on any atom is -0.461 e. The van der Waals surface area contributed by atoms with Crippen LogP contribution in [0.15, 0.2) is 57.9 Å². The van der Waals surface area contributed by atoms with Gasteiger partial charge in [-0.2, -0.15) is 11.8 Å². The fraction of sp³-hybridized carbons (Fsp3) is 0.312. The topological polar surface area (TPSA) is 158 Å². The van der Waals surface area contributed by atoms with Crippen LogP contribution < -0.4 is 10.6 Å². The largest absolute Gasteiger partial charge is 0.461 e. The highest BCUT2D eigenvalue weighted by Crippen LogP contribution is 2.29. The van der Waals surface area contributed by atoms with E-state index in [0.717, 1.165) is 39.1 Å². The van der Waals surface area contributed by atoms with E-state index in [1.165, 1.54) is 30.6 Å². The van der Waals surface area contributed by atoms with Crippen molar-refractivity contribution in [2.24, 2.45) is 5.92 Å². The molecular formula is C32H34N6O4S3. The number of benzene rings is 1. The summed E-state index contributed by atoms with van der Waals surface area (Å²) in [5.74, 6) is 3.23. The van der Waals surface area contributed by atoms with Crippen LogP contribution in [-0.4, -0.2) is 43.7 Å². The van der Waals surface area contributed by atoms with Crippen LogP contribution in [0.25, 0.3) is 23.1 Å². The highest BCUT2D eigenvalue weighted by atomic mass is 32.2. The minimum atomic E-state index is -0.365. The van der Waals surface area contributed by atoms with Crippen molar-refractivity contribution >= 4 is 85.1 Å². The van der Waals surface area contributed by atoms with E-state index in [-0.39, 0.29) is 29.8 Å². The third-order valence-corrected chi connectivity index (χ3v) is 9.64. The number of nitrogens with zero attached hydrogens (tertiary/aromatic N) is 2. The number of allylic oxidation sites excluding steroid dienone is 1. The molecule has 0 bridgehead atoms. The standard InChI is InChI=1S/C32H34N6O4S3/c1-2-25-22(11-10-20-6-5-7-20)17-23(41-25)18-28(39)35-31(34)44-27(33)12-14-43-15-13-30-37-38-32(45-30)36-29(40)19-24-16-21-8-3-4-9-26(21)42-24/h2-4,8-11,16-17,20,33H,1,5-7,12-15,18-19H2,(H2,34,35,39)(H,36,38,40)/b11-10+,33-27?. The van der Waals surface area contributed by atoms with Crippen LogP contribution in [0, 0.1) is 16.7 Å². The minimum absolute atomic E-state index is 0.00251. The molecule has 3 heterocycles. The van der Waals surface area contributed by atoms with E-state index in [9.17, 15) is 9.59 Å². The van der Waals surface area contributed by atoms with Gasteiger partial charge in [-0.1, -0.05) is 54.7 Å². The SMILES string of the molecule is C=Cc1oc(CC(=O)NC(=N)SC(=N)CCSCCc2nnc(NC(=O)Cc3cc4ccccc4o3)s2)cc1/C=C/C1CCC1. The summed E-state index contributed by atoms with van der Waals surface area (Å²) in [6.45, 7) is 3.79. The molecule has 0 radical (unpaired) electrons. The van der Waals surface area contributed by atoms with Gasteiger partial charge >= 0.3 is 0 Å². The number of aryl methyl sites for hydroxylation is 1. The number of thioether (sulfide) groups is 2. The van der Waals surface area contributed by atoms with Crippen molar-refractivity contribution in [2.75, 3.05) is 16.8 Å². The fourth-order valence-corrected chi connectivity index (χ4v) is 7.05. The van der Waals surface area contributed by atoms with Crippen molar-refractivity contribution in [1.29, 1.82) is 10.8 Å². The Morgan fingerprint density at radius 2 is 1.87 bits per heavy atom. The van der Waals surface area contributed by atoms with Crippen LogP contribution in [-0.2, 0) is 28.9 Å². The average Bonchev–Trinajstić information content (AvgIpc) is 3.69. The Balaban J connectivity index is 0.946. The maximum absolute atomic E-state index is 12.5. The van der Waals surface area contributed by atoms with Crippen LogP contribution in [0.1, 0.15) is 53.5 Å². The van der Waals surface area contributed by atoms with Crippen molar-refractivity contribution in [1.82, 2.24) is 15.5 Å². The number of para-hydroxylation sites is 1. The van der Waals surface area contributed by atoms with Gasteiger partial charge in [-0.3, -0.25) is 20.4 Å². The van der Waals surface area contributed by atoms with Gasteiger partial charge in [-0.15, -0.1) is 10.2 Å². The molecule has 0 saturated heterocycles. The Bertz CT molecular complexity index is 1690. The van der Waals surface area contributed by atoms with Crippen molar-refractivity contribution < 1.29 is 18.4 Å². The molecule has 13 heteroatoms. The highest BCUT2D eigenvalue weighted by Gasteiger charge is 2.16. The van der Waals surface area contributed by atoms with E-state index >= 15 is 0 Å². The molecule has 5 rings (SSSR count). The molecule has 1 aliphatic rings. The number of hydrogen-bond acceptors (Lipinski definition) is 11. The quantitative estimate of drug-likeness (QED) is 0.0628. The summed E-state index contributed by atoms with van der Waals surface area (Å²) in [5, 5.41) is 32.2. The van der Waals surface area contributed by atoms with Gasteiger partial charge in [-0.25, -0.2) is 0 Å². The molecule has 0 spiro atoms. The molecular weight excluding hydrogens is 629 g/mol. The van der Waals surface area contributed by atoms with Crippen molar-refractivity contribution in [3.05, 3.63) is 76.9 Å². The molecule has 1 fully saturated rings. The first-order chi connectivity index (χ1) is 21.8. The summed E-state index contributed by atoms with van der Waals surface area (Å²) < 4.78 is 11.5. The number of nitrogens with one attached hydrogen (secondary N) is 4. The molecule has 1 aromatic carbocycles. The summed E-state index contributed by atoms with van der Waals surface area (Å²) in [7, 11) is 0. The number of hydrogen-bond donors (Lipinski definition) is 4. The first-order valence-corrected chi connectivity index (χ1v) is 17.4. The van der Waals surface area contributed by atoms with Gasteiger partial charge in [0.1, 0.15) is 27.9 Å². The van der Waals surface area contributed by atoms with Crippen molar-refractivity contribution in [3.8, 4) is 0 Å². The average molecular weight is 663 g/mol. The summed E-state index contributed by atoms with van der Waals surface area (Å²) in [6.07, 6.45) is 10.8. The van der Waals surface area contributed by atoms with Crippen LogP contribution >= 0.6 is 34.9 Å². The number of carbonyl (C=O) groups excluding carboxylic acids is 2. The molecule has 0 atom stereocenters. The zero-order valence-corrected chi connectivity index (χ0v) is 27.0. The lowest BCUT2D eigenvalue weighted by atomic mass is 9.85. The molecule has 1 saturated carbocycles. The fourth-order valence-electron chi connectivity index (χ4n) is 4.53. The van der Waals surface area contributed by atoms with E-state index in [1.54, 1.807) is 17.8 Å². The molecule has 3 aromatic heterocycles. The molecule has 234 valence electrons. The lowest BCUT2D eigenvalue weighted by Gasteiger charge is -2.21. The van der Waals surface area contributed by atoms with Crippen molar-refractivity contribution in [3.63, 3.8) is 0 Å². The summed E-state index contributed by atoms with van der Waals surface area (Å²) in [5.41, 5.74) is 1.65. The molecule has 4 N–H and O–H groups in total. The van der Waals surface area contributed by atoms with E-state index in [0.29, 0.717) is 52.0 Å². The van der Waals surface area contributed by atoms with Crippen LogP contribution in [0.4, 0.5) is 5.13 Å². The van der Waals surface area contributed by atoms with Crippen LogP contribution in [0.3, 0.4) is 0 Å². The van der Waals surface area contributed by atoms with E-state index in [1.807, 2.05) is 42.5 Å². The maximum Gasteiger partial charge on any atom is 0.233 e. The van der Waals surface area contributed by atoms with E-state index < -0.39 is 0 Å².